The van der Waals surface area contributed by atoms with E-state index in [9.17, 15) is 13.2 Å². The first-order valence-corrected chi connectivity index (χ1v) is 10.7. The normalized spacial score (nSPS) is 14.8. The summed E-state index contributed by atoms with van der Waals surface area (Å²) in [4.78, 5) is 16.3. The van der Waals surface area contributed by atoms with Crippen molar-refractivity contribution in [2.75, 3.05) is 44.7 Å². The summed E-state index contributed by atoms with van der Waals surface area (Å²) in [5, 5.41) is 0.670. The Balaban J connectivity index is 1.52. The minimum absolute atomic E-state index is 0.0897. The molecule has 9 heteroatoms. The van der Waals surface area contributed by atoms with Crippen molar-refractivity contribution in [3.8, 4) is 5.75 Å². The van der Waals surface area contributed by atoms with Crippen LogP contribution in [0.3, 0.4) is 0 Å². The second-order valence-corrected chi connectivity index (χ2v) is 8.55. The summed E-state index contributed by atoms with van der Waals surface area (Å²) in [5.41, 5.74) is 1.01. The lowest BCUT2D eigenvalue weighted by molar-refractivity contribution is -0.130. The van der Waals surface area contributed by atoms with Gasteiger partial charge in [-0.25, -0.2) is 13.1 Å². The topological polar surface area (TPSA) is 78.9 Å². The first kappa shape index (κ1) is 20.4. The van der Waals surface area contributed by atoms with Gasteiger partial charge in [-0.05, 0) is 42.5 Å². The Morgan fingerprint density at radius 3 is 2.39 bits per heavy atom. The van der Waals surface area contributed by atoms with Gasteiger partial charge in [0.05, 0.1) is 18.6 Å². The third kappa shape index (κ3) is 4.95. The number of amides is 1. The van der Waals surface area contributed by atoms with Gasteiger partial charge in [-0.1, -0.05) is 17.7 Å². The largest absolute Gasteiger partial charge is 0.497 e. The van der Waals surface area contributed by atoms with Crippen molar-refractivity contribution in [3.63, 3.8) is 0 Å². The number of anilines is 1. The van der Waals surface area contributed by atoms with Gasteiger partial charge in [0, 0.05) is 36.9 Å². The van der Waals surface area contributed by atoms with Crippen LogP contribution in [0.2, 0.25) is 5.02 Å². The average molecular weight is 424 g/mol. The molecule has 1 N–H and O–H groups in total. The van der Waals surface area contributed by atoms with E-state index in [1.54, 1.807) is 17.0 Å². The van der Waals surface area contributed by atoms with E-state index in [1.807, 2.05) is 24.3 Å². The van der Waals surface area contributed by atoms with Crippen LogP contribution in [-0.4, -0.2) is 59.1 Å². The number of carbonyl (C=O) groups excluding carboxylic acids is 1. The number of nitrogens with zero attached hydrogens (tertiary/aromatic N) is 2. The first-order valence-electron chi connectivity index (χ1n) is 8.81. The van der Waals surface area contributed by atoms with E-state index in [4.69, 9.17) is 16.3 Å². The predicted octanol–water partition coefficient (Wildman–Crippen LogP) is 1.98. The van der Waals surface area contributed by atoms with Gasteiger partial charge in [-0.2, -0.15) is 0 Å². The molecule has 0 atom stereocenters. The molecule has 1 amide bonds. The summed E-state index contributed by atoms with van der Waals surface area (Å²) in [6.45, 7) is 2.10. The van der Waals surface area contributed by atoms with Crippen LogP contribution in [-0.2, 0) is 14.8 Å². The van der Waals surface area contributed by atoms with Crippen LogP contribution in [0.5, 0.6) is 5.75 Å². The lowest BCUT2D eigenvalue weighted by Gasteiger charge is -2.36. The maximum atomic E-state index is 12.4. The Kier molecular flexibility index (Phi) is 6.43. The van der Waals surface area contributed by atoms with E-state index in [0.717, 1.165) is 5.69 Å². The van der Waals surface area contributed by atoms with Crippen molar-refractivity contribution in [3.05, 3.63) is 53.6 Å². The van der Waals surface area contributed by atoms with Crippen molar-refractivity contribution < 1.29 is 17.9 Å². The number of carbonyl (C=O) groups is 1. The zero-order valence-electron chi connectivity index (χ0n) is 15.5. The number of ether oxygens (including phenoxy) is 1. The fourth-order valence-electron chi connectivity index (χ4n) is 2.99. The van der Waals surface area contributed by atoms with Crippen LogP contribution in [0.4, 0.5) is 5.69 Å². The Hall–Kier alpha value is -2.29. The summed E-state index contributed by atoms with van der Waals surface area (Å²) in [6, 6.07) is 13.6. The highest BCUT2D eigenvalue weighted by Crippen LogP contribution is 2.21. The molecule has 2 aromatic rings. The number of hydrogen-bond donors (Lipinski definition) is 1. The van der Waals surface area contributed by atoms with E-state index < -0.39 is 10.0 Å². The Labute approximate surface area is 169 Å². The van der Waals surface area contributed by atoms with Crippen molar-refractivity contribution in [2.45, 2.75) is 4.90 Å². The van der Waals surface area contributed by atoms with Crippen molar-refractivity contribution >= 4 is 33.2 Å². The number of rotatable bonds is 6. The second-order valence-electron chi connectivity index (χ2n) is 6.35. The molecule has 2 aromatic carbocycles. The van der Waals surface area contributed by atoms with Gasteiger partial charge in [0.15, 0.2) is 0 Å². The van der Waals surface area contributed by atoms with E-state index in [1.165, 1.54) is 19.2 Å². The summed E-state index contributed by atoms with van der Waals surface area (Å²) in [6.07, 6.45) is 0. The highest BCUT2D eigenvalue weighted by molar-refractivity contribution is 7.89. The van der Waals surface area contributed by atoms with E-state index in [-0.39, 0.29) is 17.3 Å². The number of benzene rings is 2. The zero-order valence-corrected chi connectivity index (χ0v) is 17.0. The van der Waals surface area contributed by atoms with E-state index >= 15 is 0 Å². The molecule has 1 heterocycles. The molecule has 1 fully saturated rings. The SMILES string of the molecule is COc1ccc(S(=O)(=O)NCC(=O)N2CCN(c3cccc(Cl)c3)CC2)cc1. The maximum absolute atomic E-state index is 12.4. The molecule has 150 valence electrons. The third-order valence-corrected chi connectivity index (χ3v) is 6.24. The summed E-state index contributed by atoms with van der Waals surface area (Å²) in [7, 11) is -2.25. The smallest absolute Gasteiger partial charge is 0.241 e. The summed E-state index contributed by atoms with van der Waals surface area (Å²) in [5.74, 6) is 0.315. The molecule has 0 bridgehead atoms. The number of piperazine rings is 1. The molecule has 0 radical (unpaired) electrons. The second kappa shape index (κ2) is 8.81. The van der Waals surface area contributed by atoms with E-state index in [2.05, 4.69) is 9.62 Å². The molecular weight excluding hydrogens is 402 g/mol. The molecule has 1 aliphatic rings. The van der Waals surface area contributed by atoms with Crippen LogP contribution < -0.4 is 14.4 Å². The van der Waals surface area contributed by atoms with E-state index in [0.29, 0.717) is 37.0 Å². The quantitative estimate of drug-likeness (QED) is 0.768. The lowest BCUT2D eigenvalue weighted by Crippen LogP contribution is -2.51. The Morgan fingerprint density at radius 2 is 1.79 bits per heavy atom. The molecular formula is C19H22ClN3O4S. The summed E-state index contributed by atoms with van der Waals surface area (Å²) < 4.78 is 32.1. The van der Waals surface area contributed by atoms with Crippen LogP contribution >= 0.6 is 11.6 Å². The molecule has 0 saturated carbocycles. The van der Waals surface area contributed by atoms with Gasteiger partial charge >= 0.3 is 0 Å². The monoisotopic (exact) mass is 423 g/mol. The van der Waals surface area contributed by atoms with Gasteiger partial charge in [0.25, 0.3) is 0 Å². The highest BCUT2D eigenvalue weighted by atomic mass is 35.5. The fourth-order valence-corrected chi connectivity index (χ4v) is 4.15. The molecule has 0 unspecified atom stereocenters. The minimum Gasteiger partial charge on any atom is -0.497 e. The van der Waals surface area contributed by atoms with Crippen molar-refractivity contribution in [2.24, 2.45) is 0 Å². The van der Waals surface area contributed by atoms with Gasteiger partial charge in [-0.15, -0.1) is 0 Å². The Morgan fingerprint density at radius 1 is 1.11 bits per heavy atom. The lowest BCUT2D eigenvalue weighted by atomic mass is 10.2. The average Bonchev–Trinajstić information content (AvgIpc) is 2.72. The van der Waals surface area contributed by atoms with Crippen LogP contribution in [0.1, 0.15) is 0 Å². The number of sulfonamides is 1. The molecule has 0 spiro atoms. The highest BCUT2D eigenvalue weighted by Gasteiger charge is 2.23. The van der Waals surface area contributed by atoms with Crippen molar-refractivity contribution in [1.29, 1.82) is 0 Å². The predicted molar refractivity (Wildman–Crippen MR) is 108 cm³/mol. The molecule has 7 nitrogen and oxygen atoms in total. The standard InChI is InChI=1S/C19H22ClN3O4S/c1-27-17-5-7-18(8-6-17)28(25,26)21-14-19(24)23-11-9-22(10-12-23)16-4-2-3-15(20)13-16/h2-8,13,21H,9-12,14H2,1H3. The molecule has 0 aromatic heterocycles. The van der Waals surface area contributed by atoms with Gasteiger partial charge in [0.2, 0.25) is 15.9 Å². The molecule has 0 aliphatic carbocycles. The molecule has 3 rings (SSSR count). The summed E-state index contributed by atoms with van der Waals surface area (Å²) >= 11 is 6.03. The van der Waals surface area contributed by atoms with Crippen molar-refractivity contribution in [1.82, 2.24) is 9.62 Å². The van der Waals surface area contributed by atoms with Crippen LogP contribution in [0.25, 0.3) is 0 Å². The van der Waals surface area contributed by atoms with Crippen LogP contribution in [0.15, 0.2) is 53.4 Å². The molecule has 1 aliphatic heterocycles. The van der Waals surface area contributed by atoms with Crippen LogP contribution in [0, 0.1) is 0 Å². The zero-order chi connectivity index (χ0) is 20.1. The maximum Gasteiger partial charge on any atom is 0.241 e. The molecule has 1 saturated heterocycles. The fraction of sp³-hybridized carbons (Fsp3) is 0.316. The van der Waals surface area contributed by atoms with Gasteiger partial charge in [-0.3, -0.25) is 4.79 Å². The first-order chi connectivity index (χ1) is 13.4. The van der Waals surface area contributed by atoms with Gasteiger partial charge in [0.1, 0.15) is 5.75 Å². The van der Waals surface area contributed by atoms with Gasteiger partial charge < -0.3 is 14.5 Å². The number of hydrogen-bond acceptors (Lipinski definition) is 5. The number of halogens is 1. The number of methoxy groups -OCH3 is 1. The number of nitrogens with one attached hydrogen (secondary N) is 1. The Bertz CT molecular complexity index is 926. The molecule has 28 heavy (non-hydrogen) atoms. The third-order valence-electron chi connectivity index (χ3n) is 4.59. The minimum atomic E-state index is -3.76.